The first-order valence-corrected chi connectivity index (χ1v) is 2.51. The number of hydrogen-bond acceptors (Lipinski definition) is 3. The average Bonchev–Trinajstić information content (AvgIpc) is 2.00. The number of carbonyl (C=O) groups is 3. The van der Waals surface area contributed by atoms with Gasteiger partial charge in [0.15, 0.2) is 0 Å². The first kappa shape index (κ1) is 8.49. The Morgan fingerprint density at radius 1 is 0.900 bits per heavy atom. The average molecular weight is 138 g/mol. The van der Waals surface area contributed by atoms with Crippen molar-refractivity contribution < 1.29 is 14.4 Å². The normalized spacial score (nSPS) is 8.00. The Hall–Kier alpha value is -1.51. The number of rotatable bonds is 4. The molecule has 0 aliphatic heterocycles. The van der Waals surface area contributed by atoms with Gasteiger partial charge in [0.25, 0.3) is 5.78 Å². The van der Waals surface area contributed by atoms with Crippen LogP contribution in [0.15, 0.2) is 25.3 Å². The molecule has 0 unspecified atom stereocenters. The van der Waals surface area contributed by atoms with E-state index in [1.165, 1.54) is 0 Å². The molecule has 0 rings (SSSR count). The van der Waals surface area contributed by atoms with Crippen LogP contribution >= 0.6 is 0 Å². The van der Waals surface area contributed by atoms with E-state index in [2.05, 4.69) is 13.2 Å². The number of allylic oxidation sites excluding steroid dienone is 2. The van der Waals surface area contributed by atoms with Gasteiger partial charge in [-0.15, -0.1) is 0 Å². The SMILES string of the molecule is C=CC(=O)C(=O)C(=O)C=C. The van der Waals surface area contributed by atoms with E-state index in [1.807, 2.05) is 0 Å². The molecular weight excluding hydrogens is 132 g/mol. The highest BCUT2D eigenvalue weighted by atomic mass is 16.2. The van der Waals surface area contributed by atoms with Crippen LogP contribution in [0, 0.1) is 0 Å². The summed E-state index contributed by atoms with van der Waals surface area (Å²) >= 11 is 0. The van der Waals surface area contributed by atoms with Crippen molar-refractivity contribution in [1.82, 2.24) is 0 Å². The highest BCUT2D eigenvalue weighted by Gasteiger charge is 2.15. The van der Waals surface area contributed by atoms with Crippen LogP contribution in [-0.4, -0.2) is 17.3 Å². The number of ketones is 3. The summed E-state index contributed by atoms with van der Waals surface area (Å²) in [6.07, 6.45) is 1.59. The van der Waals surface area contributed by atoms with Crippen molar-refractivity contribution in [1.29, 1.82) is 0 Å². The minimum Gasteiger partial charge on any atom is -0.285 e. The third-order valence-electron chi connectivity index (χ3n) is 0.818. The van der Waals surface area contributed by atoms with Gasteiger partial charge in [-0.25, -0.2) is 0 Å². The van der Waals surface area contributed by atoms with Gasteiger partial charge in [0.2, 0.25) is 11.6 Å². The molecule has 0 saturated carbocycles. The molecule has 0 radical (unpaired) electrons. The van der Waals surface area contributed by atoms with Crippen molar-refractivity contribution in [2.75, 3.05) is 0 Å². The van der Waals surface area contributed by atoms with E-state index in [0.717, 1.165) is 12.2 Å². The lowest BCUT2D eigenvalue weighted by Gasteiger charge is -1.85. The molecule has 3 nitrogen and oxygen atoms in total. The number of Topliss-reactive ketones (excluding diaryl/α,β-unsaturated/α-hetero) is 1. The minimum atomic E-state index is -1.09. The summed E-state index contributed by atoms with van der Waals surface area (Å²) < 4.78 is 0. The lowest BCUT2D eigenvalue weighted by Crippen LogP contribution is -2.19. The lowest BCUT2D eigenvalue weighted by molar-refractivity contribution is -0.140. The van der Waals surface area contributed by atoms with Gasteiger partial charge in [-0.2, -0.15) is 0 Å². The van der Waals surface area contributed by atoms with Crippen LogP contribution in [0.2, 0.25) is 0 Å². The van der Waals surface area contributed by atoms with Gasteiger partial charge >= 0.3 is 0 Å². The maximum atomic E-state index is 10.5. The van der Waals surface area contributed by atoms with E-state index in [0.29, 0.717) is 0 Å². The van der Waals surface area contributed by atoms with Crippen LogP contribution in [0.4, 0.5) is 0 Å². The standard InChI is InChI=1S/C7H6O3/c1-3-5(8)7(10)6(9)4-2/h3-4H,1-2H2. The van der Waals surface area contributed by atoms with Gasteiger partial charge in [0.1, 0.15) is 0 Å². The van der Waals surface area contributed by atoms with E-state index in [1.54, 1.807) is 0 Å². The predicted octanol–water partition coefficient (Wildman–Crippen LogP) is 0.0657. The summed E-state index contributed by atoms with van der Waals surface area (Å²) in [6.45, 7) is 6.08. The summed E-state index contributed by atoms with van der Waals surface area (Å²) in [7, 11) is 0. The largest absolute Gasteiger partial charge is 0.285 e. The Labute approximate surface area is 58.0 Å². The molecule has 0 spiro atoms. The number of carbonyl (C=O) groups excluding carboxylic acids is 3. The second-order valence-electron chi connectivity index (χ2n) is 1.47. The van der Waals surface area contributed by atoms with Crippen LogP contribution in [-0.2, 0) is 14.4 Å². The zero-order valence-electron chi connectivity index (χ0n) is 5.29. The minimum absolute atomic E-state index is 0.795. The molecule has 0 aliphatic carbocycles. The smallest absolute Gasteiger partial charge is 0.272 e. The highest BCUT2D eigenvalue weighted by molar-refractivity contribution is 6.67. The highest BCUT2D eigenvalue weighted by Crippen LogP contribution is 1.81. The van der Waals surface area contributed by atoms with Crippen LogP contribution in [0.3, 0.4) is 0 Å². The first-order valence-electron chi connectivity index (χ1n) is 2.51. The van der Waals surface area contributed by atoms with Gasteiger partial charge in [0.05, 0.1) is 0 Å². The molecule has 0 aromatic carbocycles. The maximum absolute atomic E-state index is 10.5. The Bertz CT molecular complexity index is 191. The fraction of sp³-hybridized carbons (Fsp3) is 0. The molecule has 0 aliphatic rings. The van der Waals surface area contributed by atoms with E-state index in [4.69, 9.17) is 0 Å². The summed E-state index contributed by atoms with van der Waals surface area (Å²) in [4.78, 5) is 31.2. The molecule has 52 valence electrons. The quantitative estimate of drug-likeness (QED) is 0.313. The van der Waals surface area contributed by atoms with Crippen LogP contribution in [0.25, 0.3) is 0 Å². The summed E-state index contributed by atoms with van der Waals surface area (Å²) in [5.74, 6) is -2.89. The van der Waals surface area contributed by atoms with Crippen molar-refractivity contribution in [3.63, 3.8) is 0 Å². The third kappa shape index (κ3) is 1.78. The van der Waals surface area contributed by atoms with Gasteiger partial charge in [-0.1, -0.05) is 13.2 Å². The Morgan fingerprint density at radius 3 is 1.40 bits per heavy atom. The van der Waals surface area contributed by atoms with Gasteiger partial charge in [-0.3, -0.25) is 14.4 Å². The molecule has 0 saturated heterocycles. The predicted molar refractivity (Wildman–Crippen MR) is 35.4 cm³/mol. The Morgan fingerprint density at radius 2 is 1.20 bits per heavy atom. The van der Waals surface area contributed by atoms with Gasteiger partial charge in [-0.05, 0) is 12.2 Å². The van der Waals surface area contributed by atoms with E-state index in [9.17, 15) is 14.4 Å². The fourth-order valence-corrected chi connectivity index (χ4v) is 0.307. The molecule has 0 fully saturated rings. The molecule has 0 aromatic heterocycles. The van der Waals surface area contributed by atoms with Crippen molar-refractivity contribution in [2.24, 2.45) is 0 Å². The van der Waals surface area contributed by atoms with Gasteiger partial charge in [0, 0.05) is 0 Å². The Balaban J connectivity index is 4.36. The van der Waals surface area contributed by atoms with Crippen LogP contribution in [0.5, 0.6) is 0 Å². The molecule has 10 heavy (non-hydrogen) atoms. The summed E-state index contributed by atoms with van der Waals surface area (Å²) in [5.41, 5.74) is 0. The second-order valence-corrected chi connectivity index (χ2v) is 1.47. The Kier molecular flexibility index (Phi) is 2.97. The molecule has 0 heterocycles. The van der Waals surface area contributed by atoms with E-state index >= 15 is 0 Å². The zero-order valence-corrected chi connectivity index (χ0v) is 5.29. The van der Waals surface area contributed by atoms with Crippen molar-refractivity contribution in [3.8, 4) is 0 Å². The molecular formula is C7H6O3. The molecule has 0 bridgehead atoms. The van der Waals surface area contributed by atoms with Crippen molar-refractivity contribution >= 4 is 17.3 Å². The monoisotopic (exact) mass is 138 g/mol. The van der Waals surface area contributed by atoms with Gasteiger partial charge < -0.3 is 0 Å². The van der Waals surface area contributed by atoms with Crippen LogP contribution in [0.1, 0.15) is 0 Å². The first-order chi connectivity index (χ1) is 4.63. The molecule has 3 heteroatoms. The molecule has 0 aromatic rings. The fourth-order valence-electron chi connectivity index (χ4n) is 0.307. The third-order valence-corrected chi connectivity index (χ3v) is 0.818. The van der Waals surface area contributed by atoms with Crippen molar-refractivity contribution in [3.05, 3.63) is 25.3 Å². The topological polar surface area (TPSA) is 51.2 Å². The molecule has 0 atom stereocenters. The van der Waals surface area contributed by atoms with Crippen molar-refractivity contribution in [2.45, 2.75) is 0 Å². The molecule has 0 N–H and O–H groups in total. The molecule has 0 amide bonds. The zero-order chi connectivity index (χ0) is 8.15. The number of hydrogen-bond donors (Lipinski definition) is 0. The van der Waals surface area contributed by atoms with E-state index in [-0.39, 0.29) is 0 Å². The van der Waals surface area contributed by atoms with Crippen LogP contribution < -0.4 is 0 Å². The maximum Gasteiger partial charge on any atom is 0.272 e. The lowest BCUT2D eigenvalue weighted by atomic mass is 10.2. The second kappa shape index (κ2) is 3.50. The van der Waals surface area contributed by atoms with E-state index < -0.39 is 17.3 Å². The summed E-state index contributed by atoms with van der Waals surface area (Å²) in [5, 5.41) is 0. The summed E-state index contributed by atoms with van der Waals surface area (Å²) in [6, 6.07) is 0.